The van der Waals surface area contributed by atoms with Gasteiger partial charge in [0.25, 0.3) is 5.56 Å². The summed E-state index contributed by atoms with van der Waals surface area (Å²) in [7, 11) is 1.71. The summed E-state index contributed by atoms with van der Waals surface area (Å²) >= 11 is 0. The second-order valence-corrected chi connectivity index (χ2v) is 4.08. The predicted molar refractivity (Wildman–Crippen MR) is 87.0 cm³/mol. The molecule has 6 nitrogen and oxygen atoms in total. The van der Waals surface area contributed by atoms with Gasteiger partial charge in [-0.05, 0) is 18.2 Å². The van der Waals surface area contributed by atoms with Gasteiger partial charge < -0.3 is 10.1 Å². The molecular formula is C16H17N4O2Y-. The maximum atomic E-state index is 11.9. The average Bonchev–Trinajstić information content (AvgIpc) is 2.57. The molecule has 23 heavy (non-hydrogen) atoms. The molecule has 2 heterocycles. The fraction of sp³-hybridized carbons (Fsp3) is 0.188. The molecule has 0 aliphatic carbocycles. The van der Waals surface area contributed by atoms with Crippen LogP contribution in [0.3, 0.4) is 0 Å². The van der Waals surface area contributed by atoms with Gasteiger partial charge in [0, 0.05) is 38.9 Å². The molecule has 117 valence electrons. The molecule has 0 aliphatic heterocycles. The van der Waals surface area contributed by atoms with E-state index in [1.165, 1.54) is 6.20 Å². The van der Waals surface area contributed by atoms with Crippen molar-refractivity contribution in [2.75, 3.05) is 7.05 Å². The van der Waals surface area contributed by atoms with Crippen LogP contribution in [0.25, 0.3) is 16.2 Å². The first kappa shape index (κ1) is 19.3. The molecule has 7 heteroatoms. The molecule has 0 spiro atoms. The third-order valence-electron chi connectivity index (χ3n) is 2.80. The largest absolute Gasteiger partial charge is 0.687 e. The van der Waals surface area contributed by atoms with Crippen molar-refractivity contribution in [1.29, 1.82) is 0 Å². The molecule has 0 saturated heterocycles. The molecule has 1 aromatic carbocycles. The van der Waals surface area contributed by atoms with Crippen molar-refractivity contribution in [3.05, 3.63) is 58.4 Å². The van der Waals surface area contributed by atoms with Crippen LogP contribution in [0.5, 0.6) is 11.8 Å². The van der Waals surface area contributed by atoms with Crippen molar-refractivity contribution >= 4 is 16.6 Å². The van der Waals surface area contributed by atoms with Gasteiger partial charge in [-0.15, -0.1) is 12.7 Å². The molecule has 0 saturated carbocycles. The SMILES string of the molecule is CC.C[N-]c1ccc(Oc2nc3cnccc3c(=O)[nH]2)cc1.[Y]. The van der Waals surface area contributed by atoms with Crippen LogP contribution in [0.15, 0.2) is 47.5 Å². The van der Waals surface area contributed by atoms with Crippen LogP contribution in [0.4, 0.5) is 5.69 Å². The van der Waals surface area contributed by atoms with Gasteiger partial charge in [0.2, 0.25) is 0 Å². The Balaban J connectivity index is 0.000000849. The van der Waals surface area contributed by atoms with Gasteiger partial charge in [0.1, 0.15) is 5.75 Å². The summed E-state index contributed by atoms with van der Waals surface area (Å²) in [6, 6.07) is 8.90. The van der Waals surface area contributed by atoms with Gasteiger partial charge in [0.15, 0.2) is 0 Å². The van der Waals surface area contributed by atoms with Crippen LogP contribution < -0.4 is 10.3 Å². The summed E-state index contributed by atoms with van der Waals surface area (Å²) in [5.74, 6) is 0.573. The Morgan fingerprint density at radius 2 is 1.83 bits per heavy atom. The van der Waals surface area contributed by atoms with Gasteiger partial charge in [0.05, 0.1) is 17.1 Å². The molecule has 2 aromatic heterocycles. The van der Waals surface area contributed by atoms with E-state index in [-0.39, 0.29) is 44.3 Å². The van der Waals surface area contributed by atoms with Gasteiger partial charge >= 0.3 is 6.01 Å². The molecule has 1 radical (unpaired) electrons. The van der Waals surface area contributed by atoms with Crippen LogP contribution in [0, 0.1) is 0 Å². The Morgan fingerprint density at radius 3 is 2.48 bits per heavy atom. The van der Waals surface area contributed by atoms with Crippen molar-refractivity contribution < 1.29 is 37.4 Å². The molecule has 0 atom stereocenters. The van der Waals surface area contributed by atoms with Gasteiger partial charge in [-0.3, -0.25) is 14.8 Å². The smallest absolute Gasteiger partial charge is 0.302 e. The van der Waals surface area contributed by atoms with Gasteiger partial charge in [-0.2, -0.15) is 4.98 Å². The first-order valence-electron chi connectivity index (χ1n) is 6.98. The second kappa shape index (κ2) is 9.37. The third kappa shape index (κ3) is 4.84. The third-order valence-corrected chi connectivity index (χ3v) is 2.80. The minimum atomic E-state index is -0.257. The number of hydrogen-bond donors (Lipinski definition) is 1. The van der Waals surface area contributed by atoms with E-state index in [0.29, 0.717) is 16.7 Å². The Bertz CT molecular complexity index is 803. The van der Waals surface area contributed by atoms with E-state index in [0.717, 1.165) is 5.69 Å². The number of rotatable bonds is 3. The number of nitrogens with one attached hydrogen (secondary N) is 1. The van der Waals surface area contributed by atoms with E-state index in [9.17, 15) is 4.79 Å². The van der Waals surface area contributed by atoms with Gasteiger partial charge in [-0.1, -0.05) is 26.0 Å². The number of aromatic nitrogens is 3. The van der Waals surface area contributed by atoms with Crippen molar-refractivity contribution in [3.63, 3.8) is 0 Å². The van der Waals surface area contributed by atoms with Gasteiger partial charge in [-0.25, -0.2) is 0 Å². The number of nitrogens with zero attached hydrogens (tertiary/aromatic N) is 3. The molecular weight excluding hydrogens is 369 g/mol. The summed E-state index contributed by atoms with van der Waals surface area (Å²) in [5, 5.41) is 4.52. The first-order valence-corrected chi connectivity index (χ1v) is 6.98. The van der Waals surface area contributed by atoms with E-state index < -0.39 is 0 Å². The fourth-order valence-corrected chi connectivity index (χ4v) is 1.79. The zero-order valence-electron chi connectivity index (χ0n) is 13.3. The summed E-state index contributed by atoms with van der Waals surface area (Å²) in [5.41, 5.74) is 1.08. The number of fused-ring (bicyclic) bond motifs is 1. The number of hydrogen-bond acceptors (Lipinski definition) is 4. The molecule has 3 rings (SSSR count). The molecule has 0 unspecified atom stereocenters. The minimum absolute atomic E-state index is 0. The monoisotopic (exact) mass is 386 g/mol. The zero-order chi connectivity index (χ0) is 15.9. The molecule has 1 N–H and O–H groups in total. The van der Waals surface area contributed by atoms with E-state index in [4.69, 9.17) is 4.74 Å². The number of aromatic amines is 1. The maximum absolute atomic E-state index is 11.9. The van der Waals surface area contributed by atoms with E-state index in [1.54, 1.807) is 31.4 Å². The number of ether oxygens (including phenoxy) is 1. The first-order chi connectivity index (χ1) is 10.8. The van der Waals surface area contributed by atoms with Crippen LogP contribution in [-0.4, -0.2) is 22.0 Å². The Hall–Kier alpha value is -1.79. The maximum Gasteiger partial charge on any atom is 0.302 e. The van der Waals surface area contributed by atoms with Crippen LogP contribution in [0.2, 0.25) is 0 Å². The van der Waals surface area contributed by atoms with E-state index in [2.05, 4.69) is 20.3 Å². The zero-order valence-corrected chi connectivity index (χ0v) is 16.1. The van der Waals surface area contributed by atoms with Crippen LogP contribution in [0.1, 0.15) is 13.8 Å². The Kier molecular flexibility index (Phi) is 7.85. The topological polar surface area (TPSA) is 82.0 Å². The summed E-state index contributed by atoms with van der Waals surface area (Å²) in [6.45, 7) is 4.00. The fourth-order valence-electron chi connectivity index (χ4n) is 1.79. The number of benzene rings is 1. The van der Waals surface area contributed by atoms with Crippen molar-refractivity contribution in [1.82, 2.24) is 15.0 Å². The quantitative estimate of drug-likeness (QED) is 0.743. The average molecular weight is 386 g/mol. The summed E-state index contributed by atoms with van der Waals surface area (Å²) in [6.07, 6.45) is 3.07. The van der Waals surface area contributed by atoms with Crippen LogP contribution in [-0.2, 0) is 32.7 Å². The summed E-state index contributed by atoms with van der Waals surface area (Å²) < 4.78 is 5.53. The standard InChI is InChI=1S/C14H11N4O2.C2H6.Y/c1-15-9-2-4-10(5-3-9)20-14-17-12-8-16-7-6-11(12)13(19)18-14;1-2;/h2-8H,1H3,(H,17,18,19);1-2H3;/q-1;;. The molecule has 0 fully saturated rings. The van der Waals surface area contributed by atoms with Crippen molar-refractivity contribution in [2.24, 2.45) is 0 Å². The predicted octanol–water partition coefficient (Wildman–Crippen LogP) is 3.77. The number of pyridine rings is 1. The Labute approximate surface area is 159 Å². The van der Waals surface area contributed by atoms with Crippen molar-refractivity contribution in [2.45, 2.75) is 13.8 Å². The Morgan fingerprint density at radius 1 is 1.13 bits per heavy atom. The minimum Gasteiger partial charge on any atom is -0.687 e. The van der Waals surface area contributed by atoms with Crippen LogP contribution >= 0.6 is 0 Å². The van der Waals surface area contributed by atoms with E-state index in [1.807, 2.05) is 26.0 Å². The second-order valence-electron chi connectivity index (χ2n) is 4.08. The normalized spacial score (nSPS) is 9.35. The molecule has 0 bridgehead atoms. The number of H-pyrrole nitrogens is 1. The molecule has 0 aliphatic rings. The van der Waals surface area contributed by atoms with Crippen molar-refractivity contribution in [3.8, 4) is 11.8 Å². The molecule has 0 amide bonds. The van der Waals surface area contributed by atoms with E-state index >= 15 is 0 Å². The molecule has 3 aromatic rings. The summed E-state index contributed by atoms with van der Waals surface area (Å²) in [4.78, 5) is 22.6.